The van der Waals surface area contributed by atoms with Gasteiger partial charge in [-0.1, -0.05) is 134 Å². The number of unbranched alkanes of at least 4 members (excludes halogenated alkanes) is 1. The van der Waals surface area contributed by atoms with E-state index in [0.29, 0.717) is 57.5 Å². The van der Waals surface area contributed by atoms with Gasteiger partial charge in [0.1, 0.15) is 17.8 Å². The average molecular weight is 1010 g/mol. The molecule has 2 fully saturated rings. The highest BCUT2D eigenvalue weighted by Gasteiger charge is 2.40. The number of carbonyl (C=O) groups excluding carboxylic acids is 3. The smallest absolute Gasteiger partial charge is 0.413 e. The number of halogens is 1. The van der Waals surface area contributed by atoms with Crippen molar-refractivity contribution < 1.29 is 34.1 Å². The summed E-state index contributed by atoms with van der Waals surface area (Å²) in [6, 6.07) is 41.0. The van der Waals surface area contributed by atoms with Crippen LogP contribution in [0.3, 0.4) is 0 Å². The lowest BCUT2D eigenvalue weighted by Gasteiger charge is -2.36. The van der Waals surface area contributed by atoms with Crippen molar-refractivity contribution in [2.45, 2.75) is 89.1 Å². The Bertz CT molecular complexity index is 3060. The fourth-order valence-corrected chi connectivity index (χ4v) is 9.63. The zero-order valence-electron chi connectivity index (χ0n) is 40.9. The van der Waals surface area contributed by atoms with Crippen molar-refractivity contribution in [1.82, 2.24) is 45.0 Å². The van der Waals surface area contributed by atoms with Gasteiger partial charge in [-0.3, -0.25) is 14.9 Å². The highest BCUT2D eigenvalue weighted by molar-refractivity contribution is 6.30. The molecule has 2 bridgehead atoms. The summed E-state index contributed by atoms with van der Waals surface area (Å²) in [7, 11) is 3.44. The summed E-state index contributed by atoms with van der Waals surface area (Å²) in [6.07, 6.45) is 6.60. The third-order valence-electron chi connectivity index (χ3n) is 13.3. The van der Waals surface area contributed by atoms with Crippen molar-refractivity contribution in [1.29, 1.82) is 0 Å². The second kappa shape index (κ2) is 24.7. The highest BCUT2D eigenvalue weighted by atomic mass is 35.5. The van der Waals surface area contributed by atoms with Crippen LogP contribution in [0.5, 0.6) is 0 Å². The van der Waals surface area contributed by atoms with Gasteiger partial charge in [-0.05, 0) is 84.8 Å². The summed E-state index contributed by atoms with van der Waals surface area (Å²) < 4.78 is 12.2. The number of methoxy groups -OCH3 is 1. The van der Waals surface area contributed by atoms with E-state index in [0.717, 1.165) is 65.7 Å². The molecule has 2 unspecified atom stereocenters. The number of hydrogen-bond acceptors (Lipinski definition) is 13. The lowest BCUT2D eigenvalue weighted by molar-refractivity contribution is -0.155. The molecule has 1 amide bonds. The van der Waals surface area contributed by atoms with E-state index in [1.807, 2.05) is 77.4 Å². The van der Waals surface area contributed by atoms with Crippen LogP contribution in [0.1, 0.15) is 89.9 Å². The van der Waals surface area contributed by atoms with Crippen molar-refractivity contribution >= 4 is 46.4 Å². The van der Waals surface area contributed by atoms with Crippen molar-refractivity contribution in [3.05, 3.63) is 166 Å². The number of aromatic nitrogens is 8. The number of rotatable bonds is 15. The number of anilines is 1. The highest BCUT2D eigenvalue weighted by Crippen LogP contribution is 2.36. The second-order valence-electron chi connectivity index (χ2n) is 17.9. The standard InChI is InChI=1S/C22H23ClN6O.C17H23NO3.C16H13N3O3/c1-2-3-8-20-24-21(23)19(14-30)29(20)13-15-9-11-16(12-10-15)17-6-4-5-7-18(17)22-25-27-28-26-22;1-18-13-7-8-14(18)10-15(9-13)21-17(20)16(11-19)12-5-3-2-4-6-12;1-22-16(21)19-15-17-12-8-7-11(9-13(12)18-15)14(20)10-5-3-2-4-6-10/h4-7,9-12,30H,2-3,8,13-14H2,1H3,(H,25,26,27,28);2-6,13-16,19H,7-11H2,1H3;2-9H,1H3,(H2,17,18,19,21)/t;13-,14+,15?,16?;. The number of tetrazole rings is 1. The van der Waals surface area contributed by atoms with Gasteiger partial charge in [0.2, 0.25) is 11.8 Å². The molecule has 0 radical (unpaired) electrons. The number of piperidine rings is 1. The fraction of sp³-hybridized carbons (Fsp3) is 0.309. The number of benzene rings is 5. The lowest BCUT2D eigenvalue weighted by Crippen LogP contribution is -2.43. The number of nitrogens with one attached hydrogen (secondary N) is 3. The molecule has 5 heterocycles. The third kappa shape index (κ3) is 12.7. The van der Waals surface area contributed by atoms with Gasteiger partial charge in [0.05, 0.1) is 37.1 Å². The van der Waals surface area contributed by atoms with Crippen LogP contribution in [0.2, 0.25) is 5.15 Å². The van der Waals surface area contributed by atoms with Crippen LogP contribution in [0.15, 0.2) is 127 Å². The van der Waals surface area contributed by atoms with Gasteiger partial charge in [0.15, 0.2) is 10.9 Å². The second-order valence-corrected chi connectivity index (χ2v) is 18.3. The molecule has 18 heteroatoms. The number of amides is 1. The Morgan fingerprint density at radius 3 is 2.18 bits per heavy atom. The molecule has 2 aliphatic heterocycles. The van der Waals surface area contributed by atoms with Gasteiger partial charge < -0.3 is 34.1 Å². The van der Waals surface area contributed by atoms with Crippen molar-refractivity contribution in [3.8, 4) is 22.5 Å². The maximum absolute atomic E-state index is 12.4. The monoisotopic (exact) mass is 1010 g/mol. The predicted molar refractivity (Wildman–Crippen MR) is 278 cm³/mol. The topological polar surface area (TPSA) is 226 Å². The molecule has 4 atom stereocenters. The maximum Gasteiger partial charge on any atom is 0.413 e. The molecule has 0 spiro atoms. The largest absolute Gasteiger partial charge is 0.462 e. The zero-order valence-corrected chi connectivity index (χ0v) is 41.7. The Morgan fingerprint density at radius 2 is 1.53 bits per heavy atom. The van der Waals surface area contributed by atoms with E-state index < -0.39 is 12.0 Å². The van der Waals surface area contributed by atoms with E-state index in [2.05, 4.69) is 88.8 Å². The van der Waals surface area contributed by atoms with Gasteiger partial charge in [-0.25, -0.2) is 14.8 Å². The minimum absolute atomic E-state index is 0.00367. The normalized spacial score (nSPS) is 16.4. The average Bonchev–Trinajstić information content (AvgIpc) is 4.21. The van der Waals surface area contributed by atoms with E-state index in [1.54, 1.807) is 30.3 Å². The molecule has 8 aromatic rings. The Morgan fingerprint density at radius 1 is 0.849 bits per heavy atom. The summed E-state index contributed by atoms with van der Waals surface area (Å²) in [5.74, 6) is 0.820. The first kappa shape index (κ1) is 51.8. The van der Waals surface area contributed by atoms with E-state index in [1.165, 1.54) is 20.0 Å². The molecule has 73 heavy (non-hydrogen) atoms. The Balaban J connectivity index is 0.000000149. The fourth-order valence-electron chi connectivity index (χ4n) is 9.37. The number of nitrogens with zero attached hydrogens (tertiary/aromatic N) is 7. The van der Waals surface area contributed by atoms with Crippen LogP contribution in [0, 0.1) is 0 Å². The van der Waals surface area contributed by atoms with Crippen molar-refractivity contribution in [3.63, 3.8) is 0 Å². The van der Waals surface area contributed by atoms with E-state index in [4.69, 9.17) is 16.3 Å². The Hall–Kier alpha value is -7.57. The number of carbonyl (C=O) groups is 3. The molecule has 0 aliphatic carbocycles. The minimum Gasteiger partial charge on any atom is -0.462 e. The van der Waals surface area contributed by atoms with Crippen LogP contribution in [0.4, 0.5) is 10.7 Å². The molecule has 5 aromatic carbocycles. The number of imidazole rings is 2. The first-order valence-corrected chi connectivity index (χ1v) is 24.7. The van der Waals surface area contributed by atoms with E-state index >= 15 is 0 Å². The number of hydrogen-bond donors (Lipinski definition) is 5. The molecular formula is C55H59ClN10O7. The van der Waals surface area contributed by atoms with E-state index in [9.17, 15) is 24.6 Å². The number of ether oxygens (including phenoxy) is 2. The van der Waals surface area contributed by atoms with Crippen LogP contribution in [-0.4, -0.2) is 112 Å². The molecular weight excluding hydrogens is 948 g/mol. The number of fused-ring (bicyclic) bond motifs is 3. The number of aliphatic hydroxyl groups excluding tert-OH is 2. The zero-order chi connectivity index (χ0) is 51.3. The van der Waals surface area contributed by atoms with Crippen LogP contribution in [-0.2, 0) is 33.8 Å². The Labute approximate surface area is 428 Å². The van der Waals surface area contributed by atoms with Gasteiger partial charge in [-0.2, -0.15) is 5.21 Å². The number of esters is 1. The summed E-state index contributed by atoms with van der Waals surface area (Å²) in [6.45, 7) is 2.42. The van der Waals surface area contributed by atoms with Gasteiger partial charge in [0, 0.05) is 41.7 Å². The number of H-pyrrole nitrogens is 2. The molecule has 0 saturated carbocycles. The summed E-state index contributed by atoms with van der Waals surface area (Å²) >= 11 is 6.26. The molecule has 2 saturated heterocycles. The van der Waals surface area contributed by atoms with Crippen LogP contribution < -0.4 is 5.32 Å². The molecule has 10 rings (SSSR count). The molecule has 3 aromatic heterocycles. The molecule has 2 aliphatic rings. The molecule has 5 N–H and O–H groups in total. The van der Waals surface area contributed by atoms with Gasteiger partial charge >= 0.3 is 12.1 Å². The quantitative estimate of drug-likeness (QED) is 0.0478. The lowest BCUT2D eigenvalue weighted by atomic mass is 9.98. The number of aromatic amines is 2. The summed E-state index contributed by atoms with van der Waals surface area (Å²) in [5.41, 5.74) is 8.09. The maximum atomic E-state index is 12.4. The van der Waals surface area contributed by atoms with Crippen LogP contribution in [0.25, 0.3) is 33.5 Å². The van der Waals surface area contributed by atoms with E-state index in [-0.39, 0.29) is 37.0 Å². The third-order valence-corrected chi connectivity index (χ3v) is 13.6. The van der Waals surface area contributed by atoms with Crippen molar-refractivity contribution in [2.24, 2.45) is 0 Å². The molecule has 17 nitrogen and oxygen atoms in total. The first-order valence-electron chi connectivity index (χ1n) is 24.4. The van der Waals surface area contributed by atoms with Gasteiger partial charge in [-0.15, -0.1) is 10.2 Å². The SMILES string of the molecule is CCCCc1nc(Cl)c(CO)n1Cc1ccc(-c2ccccc2-c2nn[nH]n2)cc1.CN1[C@@H]2CC[C@H]1CC(OC(=O)C(CO)c1ccccc1)C2.COC(=O)Nc1nc2ccc(C(=O)c3ccccc3)cc2[nH]1. The first-order chi connectivity index (χ1) is 35.6. The van der Waals surface area contributed by atoms with Gasteiger partial charge in [0.25, 0.3) is 0 Å². The Kier molecular flexibility index (Phi) is 17.5. The van der Waals surface area contributed by atoms with Crippen molar-refractivity contribution in [2.75, 3.05) is 26.1 Å². The number of aryl methyl sites for hydroxylation is 1. The molecule has 378 valence electrons. The predicted octanol–water partition coefficient (Wildman–Crippen LogP) is 9.17. The summed E-state index contributed by atoms with van der Waals surface area (Å²) in [5, 5.41) is 36.5. The number of aliphatic hydroxyl groups is 2. The number of ketones is 1. The summed E-state index contributed by atoms with van der Waals surface area (Å²) in [4.78, 5) is 49.9. The van der Waals surface area contributed by atoms with Crippen LogP contribution >= 0.6 is 11.6 Å². The minimum atomic E-state index is -0.611.